The Morgan fingerprint density at radius 1 is 1.61 bits per heavy atom. The zero-order valence-corrected chi connectivity index (χ0v) is 11.2. The molecule has 4 N–H and O–H groups in total. The summed E-state index contributed by atoms with van der Waals surface area (Å²) in [4.78, 5) is 3.05. The molecule has 102 valence electrons. The van der Waals surface area contributed by atoms with E-state index in [0.29, 0.717) is 18.9 Å². The molecule has 7 heteroatoms. The number of sulfonamides is 1. The molecule has 0 aliphatic carbocycles. The lowest BCUT2D eigenvalue weighted by molar-refractivity contribution is 0.0386. The van der Waals surface area contributed by atoms with E-state index < -0.39 is 15.6 Å². The van der Waals surface area contributed by atoms with Gasteiger partial charge in [-0.15, -0.1) is 0 Å². The summed E-state index contributed by atoms with van der Waals surface area (Å²) >= 11 is 0. The largest absolute Gasteiger partial charge is 0.380 e. The molecule has 0 amide bonds. The van der Waals surface area contributed by atoms with E-state index in [-0.39, 0.29) is 11.4 Å². The number of hydrogen-bond donors (Lipinski definition) is 3. The van der Waals surface area contributed by atoms with Crippen LogP contribution in [0.5, 0.6) is 0 Å². The van der Waals surface area contributed by atoms with Crippen molar-refractivity contribution in [3.63, 3.8) is 0 Å². The highest BCUT2D eigenvalue weighted by atomic mass is 32.2. The number of aromatic nitrogens is 1. The average Bonchev–Trinajstić information content (AvgIpc) is 2.77. The van der Waals surface area contributed by atoms with Crippen LogP contribution in [0.25, 0.3) is 0 Å². The lowest BCUT2D eigenvalue weighted by Gasteiger charge is -2.33. The first kappa shape index (κ1) is 13.5. The minimum absolute atomic E-state index is 0.217. The van der Waals surface area contributed by atoms with Crippen LogP contribution >= 0.6 is 0 Å². The van der Waals surface area contributed by atoms with Crippen molar-refractivity contribution in [3.8, 4) is 0 Å². The van der Waals surface area contributed by atoms with Crippen LogP contribution in [0.1, 0.15) is 25.5 Å². The van der Waals surface area contributed by atoms with Crippen LogP contribution in [0.4, 0.5) is 0 Å². The third kappa shape index (κ3) is 2.92. The molecule has 1 unspecified atom stereocenters. The zero-order valence-electron chi connectivity index (χ0n) is 10.4. The maximum absolute atomic E-state index is 12.2. The van der Waals surface area contributed by atoms with E-state index in [0.717, 1.165) is 12.8 Å². The van der Waals surface area contributed by atoms with Gasteiger partial charge in [0.2, 0.25) is 10.0 Å². The molecule has 0 spiro atoms. The Balaban J connectivity index is 2.16. The lowest BCUT2D eigenvalue weighted by atomic mass is 9.97. The summed E-state index contributed by atoms with van der Waals surface area (Å²) in [5.74, 6) is 0. The van der Waals surface area contributed by atoms with Gasteiger partial charge in [0.15, 0.2) is 0 Å². The molecule has 1 aliphatic rings. The summed E-state index contributed by atoms with van der Waals surface area (Å²) in [5, 5.41) is 0. The molecule has 0 saturated carbocycles. The third-order valence-corrected chi connectivity index (χ3v) is 4.68. The Bertz CT molecular complexity index is 503. The van der Waals surface area contributed by atoms with Crippen molar-refractivity contribution in [3.05, 3.63) is 18.0 Å². The smallest absolute Gasteiger partial charge is 0.242 e. The van der Waals surface area contributed by atoms with Gasteiger partial charge in [-0.3, -0.25) is 0 Å². The van der Waals surface area contributed by atoms with Crippen LogP contribution in [-0.4, -0.2) is 32.2 Å². The van der Waals surface area contributed by atoms with Gasteiger partial charge in [0.1, 0.15) is 0 Å². The Morgan fingerprint density at radius 3 is 2.94 bits per heavy atom. The second kappa shape index (κ2) is 5.00. The minimum atomic E-state index is -3.52. The van der Waals surface area contributed by atoms with Crippen molar-refractivity contribution in [2.75, 3.05) is 13.2 Å². The number of nitrogens with two attached hydrogens (primary N) is 1. The molecular formula is C11H19N3O3S. The van der Waals surface area contributed by atoms with E-state index in [1.165, 1.54) is 6.20 Å². The van der Waals surface area contributed by atoms with Gasteiger partial charge in [-0.2, -0.15) is 0 Å². The van der Waals surface area contributed by atoms with Gasteiger partial charge >= 0.3 is 0 Å². The Kier molecular flexibility index (Phi) is 3.76. The van der Waals surface area contributed by atoms with E-state index in [9.17, 15) is 8.42 Å². The molecule has 2 rings (SSSR count). The fraction of sp³-hybridized carbons (Fsp3) is 0.636. The molecular weight excluding hydrogens is 254 g/mol. The second-order valence-electron chi connectivity index (χ2n) is 4.89. The van der Waals surface area contributed by atoms with Gasteiger partial charge in [-0.1, -0.05) is 0 Å². The van der Waals surface area contributed by atoms with Gasteiger partial charge in [0, 0.05) is 25.0 Å². The van der Waals surface area contributed by atoms with Crippen molar-refractivity contribution in [1.29, 1.82) is 0 Å². The van der Waals surface area contributed by atoms with Crippen molar-refractivity contribution >= 4 is 10.0 Å². The van der Waals surface area contributed by atoms with Crippen molar-refractivity contribution < 1.29 is 13.2 Å². The van der Waals surface area contributed by atoms with Crippen molar-refractivity contribution in [2.45, 2.75) is 36.7 Å². The summed E-state index contributed by atoms with van der Waals surface area (Å²) in [6.07, 6.45) is 3.10. The van der Waals surface area contributed by atoms with Crippen LogP contribution in [0.2, 0.25) is 0 Å². The van der Waals surface area contributed by atoms with Crippen molar-refractivity contribution in [2.24, 2.45) is 5.73 Å². The van der Waals surface area contributed by atoms with Gasteiger partial charge in [0.25, 0.3) is 0 Å². The molecule has 0 bridgehead atoms. The van der Waals surface area contributed by atoms with Gasteiger partial charge in [0.05, 0.1) is 17.0 Å². The fourth-order valence-electron chi connectivity index (χ4n) is 2.09. The molecule has 1 saturated heterocycles. The number of nitrogens with one attached hydrogen (secondary N) is 2. The first-order valence-electron chi connectivity index (χ1n) is 5.94. The van der Waals surface area contributed by atoms with Crippen LogP contribution in [-0.2, 0) is 21.3 Å². The lowest BCUT2D eigenvalue weighted by Crippen LogP contribution is -2.51. The molecule has 1 fully saturated rings. The topological polar surface area (TPSA) is 97.2 Å². The molecule has 1 aromatic heterocycles. The first-order valence-corrected chi connectivity index (χ1v) is 7.43. The normalized spacial score (nSPS) is 25.2. The number of hydrogen-bond acceptors (Lipinski definition) is 4. The van der Waals surface area contributed by atoms with E-state index in [4.69, 9.17) is 10.5 Å². The SMILES string of the molecule is CC1(NS(=O)(=O)c2c[nH]c(CN)c2)CCCOC1. The molecule has 1 atom stereocenters. The summed E-state index contributed by atoms with van der Waals surface area (Å²) in [6, 6.07) is 1.55. The first-order chi connectivity index (χ1) is 8.45. The second-order valence-corrected chi connectivity index (χ2v) is 6.57. The Morgan fingerprint density at radius 2 is 2.39 bits per heavy atom. The molecule has 2 heterocycles. The van der Waals surface area contributed by atoms with Crippen LogP contribution < -0.4 is 10.5 Å². The summed E-state index contributed by atoms with van der Waals surface area (Å²) in [7, 11) is -3.52. The highest BCUT2D eigenvalue weighted by Gasteiger charge is 2.33. The zero-order chi connectivity index (χ0) is 13.2. The molecule has 6 nitrogen and oxygen atoms in total. The maximum atomic E-state index is 12.2. The third-order valence-electron chi connectivity index (χ3n) is 3.07. The number of H-pyrrole nitrogens is 1. The van der Waals surface area contributed by atoms with E-state index in [2.05, 4.69) is 9.71 Å². The number of ether oxygens (including phenoxy) is 1. The molecule has 1 aromatic rings. The summed E-state index contributed by atoms with van der Waals surface area (Å²) < 4.78 is 32.5. The van der Waals surface area contributed by atoms with Crippen molar-refractivity contribution in [1.82, 2.24) is 9.71 Å². The van der Waals surface area contributed by atoms with E-state index in [1.807, 2.05) is 6.92 Å². The predicted molar refractivity (Wildman–Crippen MR) is 67.5 cm³/mol. The number of aromatic amines is 1. The highest BCUT2D eigenvalue weighted by Crippen LogP contribution is 2.22. The monoisotopic (exact) mass is 273 g/mol. The summed E-state index contributed by atoms with van der Waals surface area (Å²) in [5.41, 5.74) is 5.61. The molecule has 0 radical (unpaired) electrons. The van der Waals surface area contributed by atoms with Crippen LogP contribution in [0.3, 0.4) is 0 Å². The quantitative estimate of drug-likeness (QED) is 0.736. The Labute approximate surface area is 107 Å². The fourth-order valence-corrected chi connectivity index (χ4v) is 3.53. The Hall–Kier alpha value is -0.890. The predicted octanol–water partition coefficient (Wildman–Crippen LogP) is 0.321. The summed E-state index contributed by atoms with van der Waals surface area (Å²) in [6.45, 7) is 3.25. The minimum Gasteiger partial charge on any atom is -0.380 e. The highest BCUT2D eigenvalue weighted by molar-refractivity contribution is 7.89. The van der Waals surface area contributed by atoms with E-state index >= 15 is 0 Å². The maximum Gasteiger partial charge on any atom is 0.242 e. The van der Waals surface area contributed by atoms with Gasteiger partial charge in [-0.05, 0) is 25.8 Å². The average molecular weight is 273 g/mol. The molecule has 1 aliphatic heterocycles. The standard InChI is InChI=1S/C11H19N3O3S/c1-11(3-2-4-17-8-11)14-18(15,16)10-5-9(6-12)13-7-10/h5,7,13-14H,2-4,6,8,12H2,1H3. The van der Waals surface area contributed by atoms with Gasteiger partial charge in [-0.25, -0.2) is 13.1 Å². The van der Waals surface area contributed by atoms with Crippen LogP contribution in [0, 0.1) is 0 Å². The molecule has 18 heavy (non-hydrogen) atoms. The number of rotatable bonds is 4. The molecule has 0 aromatic carbocycles. The van der Waals surface area contributed by atoms with Crippen LogP contribution in [0.15, 0.2) is 17.2 Å². The van der Waals surface area contributed by atoms with E-state index in [1.54, 1.807) is 6.07 Å². The van der Waals surface area contributed by atoms with Gasteiger partial charge < -0.3 is 15.5 Å².